The van der Waals surface area contributed by atoms with Crippen molar-refractivity contribution in [3.63, 3.8) is 0 Å². The first kappa shape index (κ1) is 31.8. The molecule has 0 heterocycles. The largest absolute Gasteiger partial charge is 0.508 e. The Bertz CT molecular complexity index is 892. The van der Waals surface area contributed by atoms with Crippen LogP contribution in [0.5, 0.6) is 5.75 Å². The Kier molecular flexibility index (Phi) is 13.6. The summed E-state index contributed by atoms with van der Waals surface area (Å²) in [5, 5.41) is 35.9. The van der Waals surface area contributed by atoms with Crippen molar-refractivity contribution in [3.05, 3.63) is 29.8 Å². The molecule has 1 rings (SSSR count). The van der Waals surface area contributed by atoms with Gasteiger partial charge in [-0.3, -0.25) is 14.4 Å². The van der Waals surface area contributed by atoms with Gasteiger partial charge < -0.3 is 42.7 Å². The highest BCUT2D eigenvalue weighted by Gasteiger charge is 2.32. The van der Waals surface area contributed by atoms with Crippen LogP contribution < -0.4 is 27.4 Å². The predicted octanol–water partition coefficient (Wildman–Crippen LogP) is -0.643. The molecular weight excluding hydrogens is 482 g/mol. The van der Waals surface area contributed by atoms with Crippen molar-refractivity contribution >= 4 is 23.7 Å². The minimum absolute atomic E-state index is 0.0144. The molecular formula is C25H41N5O7. The number of hydrogen-bond donors (Lipinski definition) is 8. The third-order valence-corrected chi connectivity index (χ3v) is 5.69. The van der Waals surface area contributed by atoms with Crippen LogP contribution in [0, 0.1) is 5.92 Å². The van der Waals surface area contributed by atoms with E-state index in [9.17, 15) is 34.5 Å². The molecule has 208 valence electrons. The van der Waals surface area contributed by atoms with Gasteiger partial charge in [0, 0.05) is 0 Å². The number of carbonyl (C=O) groups excluding carboxylic acids is 3. The molecule has 0 saturated carbocycles. The predicted molar refractivity (Wildman–Crippen MR) is 137 cm³/mol. The topological polar surface area (TPSA) is 217 Å². The number of hydrogen-bond acceptors (Lipinski definition) is 8. The monoisotopic (exact) mass is 523 g/mol. The summed E-state index contributed by atoms with van der Waals surface area (Å²) in [6.45, 7) is 5.35. The van der Waals surface area contributed by atoms with Crippen LogP contribution in [-0.2, 0) is 25.6 Å². The molecule has 3 amide bonds. The SMILES string of the molecule is CC(C)CC(NC(=O)C(N)Cc1ccc(O)cc1)C(=O)NC(CCCCN)C(=O)NC(C(=O)O)C(C)O. The Morgan fingerprint density at radius 2 is 1.46 bits per heavy atom. The molecule has 0 bridgehead atoms. The van der Waals surface area contributed by atoms with Gasteiger partial charge in [-0.05, 0) is 69.2 Å². The van der Waals surface area contributed by atoms with Gasteiger partial charge in [0.1, 0.15) is 17.8 Å². The molecule has 12 heteroatoms. The molecule has 0 spiro atoms. The van der Waals surface area contributed by atoms with Gasteiger partial charge in [-0.15, -0.1) is 0 Å². The maximum absolute atomic E-state index is 13.2. The van der Waals surface area contributed by atoms with E-state index in [1.165, 1.54) is 19.1 Å². The van der Waals surface area contributed by atoms with Crippen LogP contribution in [0.4, 0.5) is 0 Å². The van der Waals surface area contributed by atoms with E-state index in [1.807, 2.05) is 13.8 Å². The van der Waals surface area contributed by atoms with Gasteiger partial charge in [0.15, 0.2) is 6.04 Å². The molecule has 0 radical (unpaired) electrons. The number of rotatable bonds is 16. The molecule has 5 unspecified atom stereocenters. The molecule has 0 aliphatic rings. The lowest BCUT2D eigenvalue weighted by Gasteiger charge is -2.26. The van der Waals surface area contributed by atoms with Crippen molar-refractivity contribution in [1.82, 2.24) is 16.0 Å². The second-order valence-electron chi connectivity index (χ2n) is 9.58. The van der Waals surface area contributed by atoms with Crippen molar-refractivity contribution in [3.8, 4) is 5.75 Å². The van der Waals surface area contributed by atoms with Crippen LogP contribution >= 0.6 is 0 Å². The minimum atomic E-state index is -1.55. The number of aliphatic hydroxyl groups is 1. The summed E-state index contributed by atoms with van der Waals surface area (Å²) in [7, 11) is 0. The fraction of sp³-hybridized carbons (Fsp3) is 0.600. The number of nitrogens with one attached hydrogen (secondary N) is 3. The summed E-state index contributed by atoms with van der Waals surface area (Å²) in [5.41, 5.74) is 12.3. The number of phenolic OH excluding ortho intramolecular Hbond substituents is 1. The maximum atomic E-state index is 13.2. The van der Waals surface area contributed by atoms with Crippen LogP contribution in [0.3, 0.4) is 0 Å². The summed E-state index contributed by atoms with van der Waals surface area (Å²) in [6.07, 6.45) is 0.346. The van der Waals surface area contributed by atoms with E-state index in [2.05, 4.69) is 16.0 Å². The number of aliphatic carboxylic acids is 1. The minimum Gasteiger partial charge on any atom is -0.508 e. The van der Waals surface area contributed by atoms with Crippen LogP contribution in [0.15, 0.2) is 24.3 Å². The first-order valence-corrected chi connectivity index (χ1v) is 12.4. The van der Waals surface area contributed by atoms with Gasteiger partial charge in [-0.1, -0.05) is 26.0 Å². The smallest absolute Gasteiger partial charge is 0.328 e. The van der Waals surface area contributed by atoms with Crippen LogP contribution in [0.25, 0.3) is 0 Å². The van der Waals surface area contributed by atoms with Gasteiger partial charge in [-0.2, -0.15) is 0 Å². The fourth-order valence-corrected chi connectivity index (χ4v) is 3.64. The zero-order valence-corrected chi connectivity index (χ0v) is 21.6. The van der Waals surface area contributed by atoms with Crippen LogP contribution in [0.2, 0.25) is 0 Å². The van der Waals surface area contributed by atoms with Crippen LogP contribution in [0.1, 0.15) is 52.0 Å². The summed E-state index contributed by atoms with van der Waals surface area (Å²) in [5.74, 6) is -3.25. The fourth-order valence-electron chi connectivity index (χ4n) is 3.64. The number of amides is 3. The zero-order chi connectivity index (χ0) is 28.1. The van der Waals surface area contributed by atoms with Crippen molar-refractivity contribution in [2.75, 3.05) is 6.54 Å². The third kappa shape index (κ3) is 11.6. The number of nitrogens with two attached hydrogens (primary N) is 2. The highest BCUT2D eigenvalue weighted by Crippen LogP contribution is 2.12. The zero-order valence-electron chi connectivity index (χ0n) is 21.6. The van der Waals surface area contributed by atoms with E-state index in [0.29, 0.717) is 19.4 Å². The number of carbonyl (C=O) groups is 4. The average Bonchev–Trinajstić information content (AvgIpc) is 2.81. The molecule has 1 aromatic carbocycles. The van der Waals surface area contributed by atoms with Gasteiger partial charge in [0.05, 0.1) is 12.1 Å². The number of aliphatic hydroxyl groups excluding tert-OH is 1. The summed E-state index contributed by atoms with van der Waals surface area (Å²) >= 11 is 0. The van der Waals surface area contributed by atoms with E-state index < -0.39 is 54.0 Å². The number of benzene rings is 1. The number of aromatic hydroxyl groups is 1. The standard InChI is InChI=1S/C25H41N5O7/c1-14(2)12-20(29-22(33)18(27)13-16-7-9-17(32)10-8-16)24(35)28-19(6-4-5-11-26)23(34)30-21(15(3)31)25(36)37/h7-10,14-15,18-21,31-32H,4-6,11-13,26-27H2,1-3H3,(H,28,35)(H,29,33)(H,30,34)(H,36,37). The van der Waals surface area contributed by atoms with E-state index in [-0.39, 0.29) is 30.9 Å². The van der Waals surface area contributed by atoms with E-state index >= 15 is 0 Å². The highest BCUT2D eigenvalue weighted by molar-refractivity contribution is 5.94. The molecule has 1 aromatic rings. The quantitative estimate of drug-likeness (QED) is 0.129. The van der Waals surface area contributed by atoms with Gasteiger partial charge >= 0.3 is 5.97 Å². The summed E-state index contributed by atoms with van der Waals surface area (Å²) < 4.78 is 0. The van der Waals surface area contributed by atoms with Crippen molar-refractivity contribution < 1.29 is 34.5 Å². The Balaban J connectivity index is 2.97. The van der Waals surface area contributed by atoms with Gasteiger partial charge in [0.2, 0.25) is 17.7 Å². The second-order valence-corrected chi connectivity index (χ2v) is 9.58. The lowest BCUT2D eigenvalue weighted by atomic mass is 10.00. The second kappa shape index (κ2) is 15.8. The number of carboxylic acid groups (broad SMARTS) is 1. The Hall–Kier alpha value is -3.22. The molecule has 0 aromatic heterocycles. The number of carboxylic acids is 1. The molecule has 0 aliphatic carbocycles. The maximum Gasteiger partial charge on any atom is 0.328 e. The van der Waals surface area contributed by atoms with E-state index in [1.54, 1.807) is 12.1 Å². The first-order valence-electron chi connectivity index (χ1n) is 12.4. The Morgan fingerprint density at radius 3 is 1.97 bits per heavy atom. The lowest BCUT2D eigenvalue weighted by molar-refractivity contribution is -0.145. The van der Waals surface area contributed by atoms with Crippen molar-refractivity contribution in [2.45, 2.75) is 83.1 Å². The molecule has 5 atom stereocenters. The normalized spacial score (nSPS) is 15.2. The number of phenols is 1. The van der Waals surface area contributed by atoms with Crippen LogP contribution in [-0.4, -0.2) is 75.8 Å². The highest BCUT2D eigenvalue weighted by atomic mass is 16.4. The summed E-state index contributed by atoms with van der Waals surface area (Å²) in [6, 6.07) is 1.65. The van der Waals surface area contributed by atoms with Crippen molar-refractivity contribution in [2.24, 2.45) is 17.4 Å². The van der Waals surface area contributed by atoms with Crippen molar-refractivity contribution in [1.29, 1.82) is 0 Å². The van der Waals surface area contributed by atoms with Gasteiger partial charge in [0.25, 0.3) is 0 Å². The first-order chi connectivity index (χ1) is 17.3. The Morgan fingerprint density at radius 1 is 0.892 bits per heavy atom. The molecule has 12 nitrogen and oxygen atoms in total. The third-order valence-electron chi connectivity index (χ3n) is 5.69. The lowest BCUT2D eigenvalue weighted by Crippen LogP contribution is -2.58. The average molecular weight is 524 g/mol. The molecule has 10 N–H and O–H groups in total. The Labute approximate surface area is 217 Å². The summed E-state index contributed by atoms with van der Waals surface area (Å²) in [4.78, 5) is 50.2. The molecule has 0 saturated heterocycles. The molecule has 0 aliphatic heterocycles. The molecule has 0 fully saturated rings. The molecule has 37 heavy (non-hydrogen) atoms. The number of unbranched alkanes of at least 4 members (excludes halogenated alkanes) is 1. The van der Waals surface area contributed by atoms with E-state index in [0.717, 1.165) is 5.56 Å². The van der Waals surface area contributed by atoms with Gasteiger partial charge in [-0.25, -0.2) is 4.79 Å². The van der Waals surface area contributed by atoms with E-state index in [4.69, 9.17) is 11.5 Å².